The summed E-state index contributed by atoms with van der Waals surface area (Å²) in [5.74, 6) is -0.167. The Morgan fingerprint density at radius 1 is 1.29 bits per heavy atom. The average Bonchev–Trinajstić information content (AvgIpc) is 2.53. The van der Waals surface area contributed by atoms with Crippen LogP contribution in [0.25, 0.3) is 0 Å². The van der Waals surface area contributed by atoms with Crippen LogP contribution in [0.5, 0.6) is 0 Å². The predicted molar refractivity (Wildman–Crippen MR) is 86.4 cm³/mol. The molecule has 1 atom stereocenters. The van der Waals surface area contributed by atoms with Crippen molar-refractivity contribution in [2.45, 2.75) is 32.2 Å². The highest BCUT2D eigenvalue weighted by Crippen LogP contribution is 2.02. The molecule has 1 aromatic carbocycles. The van der Waals surface area contributed by atoms with Gasteiger partial charge >= 0.3 is 5.97 Å². The minimum atomic E-state index is -0.200. The fourth-order valence-electron chi connectivity index (χ4n) is 2.19. The Morgan fingerprint density at radius 2 is 2.00 bits per heavy atom. The molecule has 1 unspecified atom stereocenters. The molecule has 0 heterocycles. The Balaban J connectivity index is 2.31. The van der Waals surface area contributed by atoms with Gasteiger partial charge in [-0.15, -0.1) is 0 Å². The molecular weight excluding hydrogens is 264 g/mol. The SMILES string of the molecule is CCCNC(CCN(C)CCc1ccccc1)C(=O)OC. The summed E-state index contributed by atoms with van der Waals surface area (Å²) in [4.78, 5) is 14.0. The summed E-state index contributed by atoms with van der Waals surface area (Å²) in [5.41, 5.74) is 1.35. The van der Waals surface area contributed by atoms with E-state index in [4.69, 9.17) is 4.74 Å². The Morgan fingerprint density at radius 3 is 2.62 bits per heavy atom. The number of methoxy groups -OCH3 is 1. The summed E-state index contributed by atoms with van der Waals surface area (Å²) >= 11 is 0. The van der Waals surface area contributed by atoms with E-state index >= 15 is 0 Å². The third-order valence-electron chi connectivity index (χ3n) is 3.55. The van der Waals surface area contributed by atoms with Crippen molar-refractivity contribution in [1.82, 2.24) is 10.2 Å². The van der Waals surface area contributed by atoms with E-state index in [1.807, 2.05) is 6.07 Å². The minimum Gasteiger partial charge on any atom is -0.468 e. The summed E-state index contributed by atoms with van der Waals surface area (Å²) in [6.45, 7) is 4.80. The van der Waals surface area contributed by atoms with Crippen LogP contribution in [-0.2, 0) is 16.0 Å². The number of benzene rings is 1. The van der Waals surface area contributed by atoms with Gasteiger partial charge in [0.05, 0.1) is 7.11 Å². The van der Waals surface area contributed by atoms with Crippen LogP contribution in [0, 0.1) is 0 Å². The Labute approximate surface area is 128 Å². The van der Waals surface area contributed by atoms with Crippen molar-refractivity contribution in [3.63, 3.8) is 0 Å². The first-order valence-electron chi connectivity index (χ1n) is 7.71. The van der Waals surface area contributed by atoms with E-state index in [1.165, 1.54) is 12.7 Å². The van der Waals surface area contributed by atoms with Gasteiger partial charge in [-0.3, -0.25) is 4.79 Å². The van der Waals surface area contributed by atoms with E-state index in [9.17, 15) is 4.79 Å². The van der Waals surface area contributed by atoms with E-state index in [1.54, 1.807) is 0 Å². The summed E-state index contributed by atoms with van der Waals surface area (Å²) < 4.78 is 4.85. The van der Waals surface area contributed by atoms with E-state index in [2.05, 4.69) is 48.5 Å². The topological polar surface area (TPSA) is 41.6 Å². The van der Waals surface area contributed by atoms with Crippen LogP contribution < -0.4 is 5.32 Å². The van der Waals surface area contributed by atoms with Crippen molar-refractivity contribution >= 4 is 5.97 Å². The van der Waals surface area contributed by atoms with Crippen LogP contribution >= 0.6 is 0 Å². The van der Waals surface area contributed by atoms with Gasteiger partial charge in [0.15, 0.2) is 0 Å². The number of carbonyl (C=O) groups excluding carboxylic acids is 1. The second-order valence-corrected chi connectivity index (χ2v) is 5.36. The van der Waals surface area contributed by atoms with Gasteiger partial charge in [-0.05, 0) is 45.0 Å². The number of likely N-dealkylation sites (N-methyl/N-ethyl adjacent to an activating group) is 1. The molecular formula is C17H28N2O2. The lowest BCUT2D eigenvalue weighted by atomic mass is 10.1. The van der Waals surface area contributed by atoms with Crippen molar-refractivity contribution in [2.75, 3.05) is 33.8 Å². The number of rotatable bonds is 10. The molecule has 0 amide bonds. The van der Waals surface area contributed by atoms with Gasteiger partial charge in [0.1, 0.15) is 6.04 Å². The van der Waals surface area contributed by atoms with Crippen LogP contribution in [0.2, 0.25) is 0 Å². The predicted octanol–water partition coefficient (Wildman–Crippen LogP) is 2.09. The molecule has 0 aliphatic heterocycles. The quantitative estimate of drug-likeness (QED) is 0.671. The number of hydrogen-bond donors (Lipinski definition) is 1. The molecule has 0 aliphatic carbocycles. The lowest BCUT2D eigenvalue weighted by molar-refractivity contribution is -0.143. The monoisotopic (exact) mass is 292 g/mol. The number of hydrogen-bond acceptors (Lipinski definition) is 4. The summed E-state index contributed by atoms with van der Waals surface area (Å²) in [7, 11) is 3.54. The van der Waals surface area contributed by atoms with E-state index in [0.29, 0.717) is 0 Å². The molecule has 21 heavy (non-hydrogen) atoms. The third kappa shape index (κ3) is 7.25. The van der Waals surface area contributed by atoms with E-state index in [-0.39, 0.29) is 12.0 Å². The van der Waals surface area contributed by atoms with Crippen molar-refractivity contribution in [3.8, 4) is 0 Å². The molecule has 0 spiro atoms. The van der Waals surface area contributed by atoms with Gasteiger partial charge in [-0.1, -0.05) is 37.3 Å². The number of nitrogens with zero attached hydrogens (tertiary/aromatic N) is 1. The second kappa shape index (κ2) is 10.4. The van der Waals surface area contributed by atoms with Crippen LogP contribution in [0.1, 0.15) is 25.3 Å². The van der Waals surface area contributed by atoms with Crippen molar-refractivity contribution in [1.29, 1.82) is 0 Å². The normalized spacial score (nSPS) is 12.4. The minimum absolute atomic E-state index is 0.167. The highest BCUT2D eigenvalue weighted by molar-refractivity contribution is 5.75. The number of nitrogens with one attached hydrogen (secondary N) is 1. The number of carbonyl (C=O) groups is 1. The maximum absolute atomic E-state index is 11.7. The molecule has 0 saturated carbocycles. The molecule has 118 valence electrons. The smallest absolute Gasteiger partial charge is 0.322 e. The van der Waals surface area contributed by atoms with Crippen molar-refractivity contribution in [3.05, 3.63) is 35.9 Å². The molecule has 1 rings (SSSR count). The Hall–Kier alpha value is -1.39. The molecule has 4 heteroatoms. The first-order valence-corrected chi connectivity index (χ1v) is 7.71. The molecule has 0 bridgehead atoms. The zero-order valence-corrected chi connectivity index (χ0v) is 13.5. The maximum Gasteiger partial charge on any atom is 0.322 e. The largest absolute Gasteiger partial charge is 0.468 e. The summed E-state index contributed by atoms with van der Waals surface area (Å²) in [5, 5.41) is 3.25. The molecule has 0 fully saturated rings. The average molecular weight is 292 g/mol. The van der Waals surface area contributed by atoms with Gasteiger partial charge in [0.2, 0.25) is 0 Å². The van der Waals surface area contributed by atoms with Crippen LogP contribution in [0.15, 0.2) is 30.3 Å². The lowest BCUT2D eigenvalue weighted by Gasteiger charge is -2.21. The lowest BCUT2D eigenvalue weighted by Crippen LogP contribution is -2.40. The number of esters is 1. The van der Waals surface area contributed by atoms with Gasteiger partial charge in [0.25, 0.3) is 0 Å². The van der Waals surface area contributed by atoms with Crippen LogP contribution in [0.3, 0.4) is 0 Å². The highest BCUT2D eigenvalue weighted by Gasteiger charge is 2.18. The molecule has 0 radical (unpaired) electrons. The summed E-state index contributed by atoms with van der Waals surface area (Å²) in [6.07, 6.45) is 2.82. The van der Waals surface area contributed by atoms with E-state index in [0.717, 1.165) is 38.9 Å². The molecule has 0 aliphatic rings. The zero-order chi connectivity index (χ0) is 15.5. The Kier molecular flexibility index (Phi) is 8.71. The second-order valence-electron chi connectivity index (χ2n) is 5.36. The molecule has 0 aromatic heterocycles. The van der Waals surface area contributed by atoms with Crippen molar-refractivity contribution < 1.29 is 9.53 Å². The fourth-order valence-corrected chi connectivity index (χ4v) is 2.19. The van der Waals surface area contributed by atoms with Crippen LogP contribution in [0.4, 0.5) is 0 Å². The fraction of sp³-hybridized carbons (Fsp3) is 0.588. The highest BCUT2D eigenvalue weighted by atomic mass is 16.5. The first-order chi connectivity index (χ1) is 10.2. The van der Waals surface area contributed by atoms with Gasteiger partial charge in [-0.2, -0.15) is 0 Å². The summed E-state index contributed by atoms with van der Waals surface area (Å²) in [6, 6.07) is 10.3. The van der Waals surface area contributed by atoms with Crippen molar-refractivity contribution in [2.24, 2.45) is 0 Å². The first kappa shape index (κ1) is 17.7. The van der Waals surface area contributed by atoms with E-state index < -0.39 is 0 Å². The molecule has 1 aromatic rings. The maximum atomic E-state index is 11.7. The standard InChI is InChI=1S/C17H28N2O2/c1-4-12-18-16(17(20)21-3)11-14-19(2)13-10-15-8-6-5-7-9-15/h5-9,16,18H,4,10-14H2,1-3H3. The zero-order valence-electron chi connectivity index (χ0n) is 13.5. The third-order valence-corrected chi connectivity index (χ3v) is 3.55. The Bertz CT molecular complexity index is 395. The molecule has 4 nitrogen and oxygen atoms in total. The van der Waals surface area contributed by atoms with Gasteiger partial charge < -0.3 is 15.0 Å². The number of ether oxygens (including phenoxy) is 1. The van der Waals surface area contributed by atoms with Crippen LogP contribution in [-0.4, -0.2) is 50.7 Å². The molecule has 0 saturated heterocycles. The van der Waals surface area contributed by atoms with Gasteiger partial charge in [-0.25, -0.2) is 0 Å². The molecule has 1 N–H and O–H groups in total. The van der Waals surface area contributed by atoms with Gasteiger partial charge in [0, 0.05) is 6.54 Å².